The van der Waals surface area contributed by atoms with Gasteiger partial charge in [-0.2, -0.15) is 0 Å². The number of rotatable bonds is 3. The Hall–Kier alpha value is -1.78. The molecule has 0 heterocycles. The molecule has 2 rings (SSSR count). The van der Waals surface area contributed by atoms with Gasteiger partial charge in [0, 0.05) is 29.3 Å². The second-order valence-corrected chi connectivity index (χ2v) is 5.47. The van der Waals surface area contributed by atoms with Crippen molar-refractivity contribution in [3.05, 3.63) is 63.4 Å². The maximum absolute atomic E-state index is 13.0. The van der Waals surface area contributed by atoms with Crippen LogP contribution in [0.4, 0.5) is 10.1 Å². The Kier molecular flexibility index (Phi) is 4.70. The van der Waals surface area contributed by atoms with Crippen molar-refractivity contribution in [1.29, 1.82) is 0 Å². The van der Waals surface area contributed by atoms with Crippen molar-refractivity contribution >= 4 is 34.8 Å². The lowest BCUT2D eigenvalue weighted by Crippen LogP contribution is -2.27. The third kappa shape index (κ3) is 3.65. The highest BCUT2D eigenvalue weighted by Crippen LogP contribution is 2.23. The molecule has 2 aromatic rings. The van der Waals surface area contributed by atoms with Crippen molar-refractivity contribution in [2.75, 3.05) is 12.8 Å². The molecule has 3 nitrogen and oxygen atoms in total. The molecule has 0 aliphatic heterocycles. The van der Waals surface area contributed by atoms with Crippen molar-refractivity contribution in [1.82, 2.24) is 4.90 Å². The highest BCUT2D eigenvalue weighted by Gasteiger charge is 2.16. The first-order valence-electron chi connectivity index (χ1n) is 6.13. The first-order valence-corrected chi connectivity index (χ1v) is 6.88. The van der Waals surface area contributed by atoms with Gasteiger partial charge in [0.05, 0.1) is 5.56 Å². The van der Waals surface area contributed by atoms with E-state index in [1.54, 1.807) is 25.2 Å². The molecule has 0 spiro atoms. The van der Waals surface area contributed by atoms with E-state index < -0.39 is 5.82 Å². The van der Waals surface area contributed by atoms with Crippen LogP contribution in [0.25, 0.3) is 0 Å². The van der Waals surface area contributed by atoms with Gasteiger partial charge in [0.25, 0.3) is 5.91 Å². The molecule has 6 heteroatoms. The maximum Gasteiger partial charge on any atom is 0.255 e. The number of benzene rings is 2. The van der Waals surface area contributed by atoms with Gasteiger partial charge >= 0.3 is 0 Å². The molecule has 0 aliphatic carbocycles. The summed E-state index contributed by atoms with van der Waals surface area (Å²) in [6, 6.07) is 8.76. The zero-order valence-corrected chi connectivity index (χ0v) is 12.7. The van der Waals surface area contributed by atoms with Crippen LogP contribution in [0.5, 0.6) is 0 Å². The second-order valence-electron chi connectivity index (χ2n) is 4.63. The highest BCUT2D eigenvalue weighted by atomic mass is 35.5. The van der Waals surface area contributed by atoms with Gasteiger partial charge in [-0.3, -0.25) is 4.79 Å². The number of amides is 1. The molecule has 2 N–H and O–H groups in total. The van der Waals surface area contributed by atoms with E-state index in [4.69, 9.17) is 28.9 Å². The van der Waals surface area contributed by atoms with E-state index in [9.17, 15) is 9.18 Å². The summed E-state index contributed by atoms with van der Waals surface area (Å²) in [5, 5.41) is 1.01. The molecule has 0 saturated carbocycles. The third-order valence-corrected chi connectivity index (χ3v) is 3.60. The van der Waals surface area contributed by atoms with Crippen LogP contribution in [0, 0.1) is 5.82 Å². The van der Waals surface area contributed by atoms with Crippen LogP contribution < -0.4 is 5.73 Å². The number of hydrogen-bond donors (Lipinski definition) is 1. The summed E-state index contributed by atoms with van der Waals surface area (Å²) >= 11 is 11.9. The van der Waals surface area contributed by atoms with E-state index >= 15 is 0 Å². The van der Waals surface area contributed by atoms with Gasteiger partial charge in [-0.25, -0.2) is 4.39 Å². The molecule has 2 aromatic carbocycles. The quantitative estimate of drug-likeness (QED) is 0.867. The SMILES string of the molecule is CN(Cc1ccc(Cl)cc1Cl)C(=O)c1ccc(F)cc1N. The summed E-state index contributed by atoms with van der Waals surface area (Å²) in [6.07, 6.45) is 0. The first kappa shape index (κ1) is 15.6. The van der Waals surface area contributed by atoms with Crippen molar-refractivity contribution in [2.24, 2.45) is 0 Å². The van der Waals surface area contributed by atoms with Gasteiger partial charge in [0.2, 0.25) is 0 Å². The fourth-order valence-electron chi connectivity index (χ4n) is 1.91. The van der Waals surface area contributed by atoms with Crippen molar-refractivity contribution in [3.8, 4) is 0 Å². The van der Waals surface area contributed by atoms with E-state index in [1.165, 1.54) is 17.0 Å². The smallest absolute Gasteiger partial charge is 0.255 e. The van der Waals surface area contributed by atoms with Crippen LogP contribution in [0.2, 0.25) is 10.0 Å². The topological polar surface area (TPSA) is 46.3 Å². The van der Waals surface area contributed by atoms with Gasteiger partial charge in [0.1, 0.15) is 5.82 Å². The average molecular weight is 327 g/mol. The monoisotopic (exact) mass is 326 g/mol. The van der Waals surface area contributed by atoms with Gasteiger partial charge in [0.15, 0.2) is 0 Å². The number of carbonyl (C=O) groups is 1. The van der Waals surface area contributed by atoms with Crippen LogP contribution in [0.3, 0.4) is 0 Å². The highest BCUT2D eigenvalue weighted by molar-refractivity contribution is 6.35. The first-order chi connectivity index (χ1) is 9.88. The number of carbonyl (C=O) groups excluding carboxylic acids is 1. The predicted molar refractivity (Wildman–Crippen MR) is 83.1 cm³/mol. The normalized spacial score (nSPS) is 10.5. The number of nitrogen functional groups attached to an aromatic ring is 1. The molecule has 1 amide bonds. The lowest BCUT2D eigenvalue weighted by atomic mass is 10.1. The minimum absolute atomic E-state index is 0.106. The van der Waals surface area contributed by atoms with Gasteiger partial charge in [-0.1, -0.05) is 29.3 Å². The van der Waals surface area contributed by atoms with E-state index in [2.05, 4.69) is 0 Å². The van der Waals surface area contributed by atoms with Crippen molar-refractivity contribution in [3.63, 3.8) is 0 Å². The largest absolute Gasteiger partial charge is 0.398 e. The Bertz CT molecular complexity index is 691. The molecule has 0 saturated heterocycles. The molecular weight excluding hydrogens is 314 g/mol. The van der Waals surface area contributed by atoms with Crippen molar-refractivity contribution in [2.45, 2.75) is 6.54 Å². The summed E-state index contributed by atoms with van der Waals surface area (Å²) < 4.78 is 13.0. The molecule has 21 heavy (non-hydrogen) atoms. The zero-order chi connectivity index (χ0) is 15.6. The fourth-order valence-corrected chi connectivity index (χ4v) is 2.38. The minimum atomic E-state index is -0.479. The number of nitrogens with two attached hydrogens (primary N) is 1. The Morgan fingerprint density at radius 3 is 2.57 bits per heavy atom. The Morgan fingerprint density at radius 2 is 1.95 bits per heavy atom. The van der Waals surface area contributed by atoms with Gasteiger partial charge in [-0.15, -0.1) is 0 Å². The molecule has 0 radical (unpaired) electrons. The van der Waals surface area contributed by atoms with Crippen LogP contribution in [0.1, 0.15) is 15.9 Å². The standard InChI is InChI=1S/C15H13Cl2FN2O/c1-20(8-9-2-3-10(16)6-13(9)17)15(21)12-5-4-11(18)7-14(12)19/h2-7H,8,19H2,1H3. The van der Waals surface area contributed by atoms with Crippen LogP contribution in [-0.2, 0) is 6.54 Å². The summed E-state index contributed by atoms with van der Waals surface area (Å²) in [7, 11) is 1.62. The molecular formula is C15H13Cl2FN2O. The second kappa shape index (κ2) is 6.33. The Labute approximate surface area is 132 Å². The summed E-state index contributed by atoms with van der Waals surface area (Å²) in [5.41, 5.74) is 6.79. The average Bonchev–Trinajstić information content (AvgIpc) is 2.41. The summed E-state index contributed by atoms with van der Waals surface area (Å²) in [5.74, 6) is -0.786. The van der Waals surface area contributed by atoms with E-state index in [0.717, 1.165) is 11.6 Å². The molecule has 0 unspecified atom stereocenters. The van der Waals surface area contributed by atoms with Crippen molar-refractivity contribution < 1.29 is 9.18 Å². The number of halogens is 3. The molecule has 110 valence electrons. The van der Waals surface area contributed by atoms with Crippen LogP contribution in [0.15, 0.2) is 36.4 Å². The number of nitrogens with zero attached hydrogens (tertiary/aromatic N) is 1. The lowest BCUT2D eigenvalue weighted by Gasteiger charge is -2.19. The molecule has 0 bridgehead atoms. The lowest BCUT2D eigenvalue weighted by molar-refractivity contribution is 0.0786. The third-order valence-electron chi connectivity index (χ3n) is 3.01. The van der Waals surface area contributed by atoms with Crippen LogP contribution in [-0.4, -0.2) is 17.9 Å². The van der Waals surface area contributed by atoms with E-state index in [1.807, 2.05) is 0 Å². The number of hydrogen-bond acceptors (Lipinski definition) is 2. The minimum Gasteiger partial charge on any atom is -0.398 e. The number of anilines is 1. The fraction of sp³-hybridized carbons (Fsp3) is 0.133. The molecule has 0 aromatic heterocycles. The summed E-state index contributed by atoms with van der Waals surface area (Å²) in [4.78, 5) is 13.8. The Balaban J connectivity index is 2.19. The zero-order valence-electron chi connectivity index (χ0n) is 11.2. The van der Waals surface area contributed by atoms with Gasteiger partial charge in [-0.05, 0) is 35.9 Å². The van der Waals surface area contributed by atoms with Crippen LogP contribution >= 0.6 is 23.2 Å². The molecule has 0 atom stereocenters. The Morgan fingerprint density at radius 1 is 1.24 bits per heavy atom. The molecule has 0 fully saturated rings. The summed E-state index contributed by atoms with van der Waals surface area (Å²) in [6.45, 7) is 0.297. The maximum atomic E-state index is 13.0. The van der Waals surface area contributed by atoms with E-state index in [0.29, 0.717) is 16.6 Å². The van der Waals surface area contributed by atoms with E-state index in [-0.39, 0.29) is 17.2 Å². The predicted octanol–water partition coefficient (Wildman–Crippen LogP) is 3.99. The van der Waals surface area contributed by atoms with Gasteiger partial charge < -0.3 is 10.6 Å². The molecule has 0 aliphatic rings.